The van der Waals surface area contributed by atoms with Gasteiger partial charge in [0.05, 0.1) is 50.8 Å². The minimum absolute atomic E-state index is 0.149. The average molecular weight is 587 g/mol. The van der Waals surface area contributed by atoms with E-state index in [-0.39, 0.29) is 17.7 Å². The summed E-state index contributed by atoms with van der Waals surface area (Å²) in [6.07, 6.45) is 1.77. The number of para-hydroxylation sites is 1. The molecule has 0 aliphatic carbocycles. The van der Waals surface area contributed by atoms with Crippen LogP contribution in [0.5, 0.6) is 23.0 Å². The molecule has 42 heavy (non-hydrogen) atoms. The lowest BCUT2D eigenvalue weighted by atomic mass is 9.92. The van der Waals surface area contributed by atoms with Gasteiger partial charge >= 0.3 is 5.97 Å². The maximum atomic E-state index is 14.2. The molecule has 0 fully saturated rings. The number of fused-ring (bicyclic) bond motifs is 1. The molecule has 9 nitrogen and oxygen atoms in total. The van der Waals surface area contributed by atoms with E-state index in [1.54, 1.807) is 51.5 Å². The summed E-state index contributed by atoms with van der Waals surface area (Å²) in [5.41, 5.74) is 2.33. The number of thiazole rings is 1. The van der Waals surface area contributed by atoms with Crippen molar-refractivity contribution in [2.75, 3.05) is 35.0 Å². The van der Waals surface area contributed by atoms with E-state index in [2.05, 4.69) is 0 Å². The molecule has 1 aliphatic heterocycles. The van der Waals surface area contributed by atoms with E-state index in [9.17, 15) is 9.59 Å². The van der Waals surface area contributed by atoms with Crippen LogP contribution in [0.25, 0.3) is 11.8 Å². The van der Waals surface area contributed by atoms with Crippen LogP contribution in [0.2, 0.25) is 0 Å². The second-order valence-electron chi connectivity index (χ2n) is 9.13. The van der Waals surface area contributed by atoms with Gasteiger partial charge in [0.1, 0.15) is 6.04 Å². The van der Waals surface area contributed by atoms with Gasteiger partial charge in [0, 0.05) is 11.1 Å². The number of rotatable bonds is 9. The largest absolute Gasteiger partial charge is 0.493 e. The monoisotopic (exact) mass is 586 g/mol. The van der Waals surface area contributed by atoms with Gasteiger partial charge in [-0.1, -0.05) is 59.9 Å². The summed E-state index contributed by atoms with van der Waals surface area (Å²) in [6, 6.07) is 19.2. The average Bonchev–Trinajstić information content (AvgIpc) is 3.34. The highest BCUT2D eigenvalue weighted by Crippen LogP contribution is 2.42. The van der Waals surface area contributed by atoms with E-state index < -0.39 is 12.0 Å². The Morgan fingerprint density at radius 1 is 0.905 bits per heavy atom. The molecule has 1 atom stereocenters. The first-order chi connectivity index (χ1) is 20.4. The molecule has 10 heteroatoms. The molecule has 0 saturated carbocycles. The van der Waals surface area contributed by atoms with Crippen LogP contribution in [-0.2, 0) is 9.53 Å². The summed E-state index contributed by atoms with van der Waals surface area (Å²) in [4.78, 5) is 33.2. The van der Waals surface area contributed by atoms with Crippen LogP contribution in [-0.4, -0.2) is 45.6 Å². The number of aromatic nitrogens is 1. The second kappa shape index (κ2) is 12.4. The fourth-order valence-electron chi connectivity index (χ4n) is 4.96. The molecule has 3 aromatic carbocycles. The number of carbonyl (C=O) groups excluding carboxylic acids is 1. The maximum absolute atomic E-state index is 14.2. The Morgan fingerprint density at radius 3 is 2.31 bits per heavy atom. The summed E-state index contributed by atoms with van der Waals surface area (Å²) in [6.45, 7) is 1.89. The quantitative estimate of drug-likeness (QED) is 0.274. The maximum Gasteiger partial charge on any atom is 0.338 e. The first-order valence-electron chi connectivity index (χ1n) is 13.2. The molecular weight excluding hydrogens is 556 g/mol. The highest BCUT2D eigenvalue weighted by atomic mass is 32.1. The van der Waals surface area contributed by atoms with Crippen LogP contribution in [0, 0.1) is 0 Å². The van der Waals surface area contributed by atoms with Crippen LogP contribution < -0.4 is 33.8 Å². The molecule has 5 rings (SSSR count). The lowest BCUT2D eigenvalue weighted by Crippen LogP contribution is -2.40. The highest BCUT2D eigenvalue weighted by Gasteiger charge is 2.37. The van der Waals surface area contributed by atoms with Gasteiger partial charge in [-0.25, -0.2) is 9.79 Å². The molecule has 0 bridgehead atoms. The smallest absolute Gasteiger partial charge is 0.338 e. The Balaban J connectivity index is 1.85. The van der Waals surface area contributed by atoms with Crippen LogP contribution in [0.3, 0.4) is 0 Å². The number of ether oxygens (including phenoxy) is 5. The van der Waals surface area contributed by atoms with Crippen LogP contribution in [0.15, 0.2) is 82.1 Å². The minimum Gasteiger partial charge on any atom is -0.493 e. The van der Waals surface area contributed by atoms with Crippen LogP contribution >= 0.6 is 11.3 Å². The van der Waals surface area contributed by atoms with Gasteiger partial charge in [-0.2, -0.15) is 0 Å². The zero-order chi connectivity index (χ0) is 29.8. The number of methoxy groups -OCH3 is 4. The summed E-state index contributed by atoms with van der Waals surface area (Å²) >= 11 is 1.23. The van der Waals surface area contributed by atoms with E-state index in [0.717, 1.165) is 5.56 Å². The van der Waals surface area contributed by atoms with Crippen molar-refractivity contribution >= 4 is 29.1 Å². The molecule has 0 unspecified atom stereocenters. The molecule has 216 valence electrons. The van der Waals surface area contributed by atoms with Gasteiger partial charge in [-0.05, 0) is 36.8 Å². The zero-order valence-corrected chi connectivity index (χ0v) is 24.7. The van der Waals surface area contributed by atoms with E-state index in [4.69, 9.17) is 28.7 Å². The Kier molecular flexibility index (Phi) is 8.44. The van der Waals surface area contributed by atoms with Gasteiger partial charge in [-0.15, -0.1) is 0 Å². The van der Waals surface area contributed by atoms with E-state index >= 15 is 0 Å². The molecule has 2 heterocycles. The lowest BCUT2D eigenvalue weighted by Gasteiger charge is -2.27. The number of carbonyl (C=O) groups is 1. The summed E-state index contributed by atoms with van der Waals surface area (Å²) in [7, 11) is 6.18. The minimum atomic E-state index is -0.909. The molecule has 1 aromatic heterocycles. The fraction of sp³-hybridized carbons (Fsp3) is 0.219. The number of esters is 1. The van der Waals surface area contributed by atoms with Gasteiger partial charge in [0.2, 0.25) is 0 Å². The zero-order valence-electron chi connectivity index (χ0n) is 23.9. The first kappa shape index (κ1) is 28.7. The van der Waals surface area contributed by atoms with E-state index in [0.29, 0.717) is 49.2 Å². The molecule has 4 aromatic rings. The second-order valence-corrected chi connectivity index (χ2v) is 10.1. The number of hydrogen-bond donors (Lipinski definition) is 0. The predicted octanol–water partition coefficient (Wildman–Crippen LogP) is 3.97. The van der Waals surface area contributed by atoms with E-state index in [1.165, 1.54) is 30.1 Å². The third kappa shape index (κ3) is 5.16. The summed E-state index contributed by atoms with van der Waals surface area (Å²) in [5.74, 6) is 1.39. The van der Waals surface area contributed by atoms with Crippen molar-refractivity contribution < 1.29 is 28.5 Å². The van der Waals surface area contributed by atoms with Crippen molar-refractivity contribution in [3.63, 3.8) is 0 Å². The summed E-state index contributed by atoms with van der Waals surface area (Å²) < 4.78 is 29.6. The van der Waals surface area contributed by atoms with Crippen molar-refractivity contribution in [1.29, 1.82) is 0 Å². The fourth-order valence-corrected chi connectivity index (χ4v) is 5.96. The highest BCUT2D eigenvalue weighted by molar-refractivity contribution is 7.07. The Bertz CT molecular complexity index is 1840. The molecule has 0 spiro atoms. The topological polar surface area (TPSA) is 97.6 Å². The van der Waals surface area contributed by atoms with Crippen molar-refractivity contribution in [1.82, 2.24) is 4.57 Å². The Hall–Kier alpha value is -4.83. The SMILES string of the molecule is CCOC(=O)C1=C(c2ccccc2)N=c2s/c(=C\c3ccc(OC)c(OC)c3)c(=O)n2[C@H]1c1cccc(OC)c1OC. The normalized spacial score (nSPS) is 14.6. The van der Waals surface area contributed by atoms with Gasteiger partial charge in [-0.3, -0.25) is 9.36 Å². The Morgan fingerprint density at radius 2 is 1.64 bits per heavy atom. The standard InChI is InChI=1S/C32H30N2O7S/c1-6-41-31(36)26-27(20-11-8-7-9-12-20)33-32-34(28(26)21-13-10-14-23(38-3)29(21)40-5)30(35)25(42-32)18-19-15-16-22(37-2)24(17-19)39-4/h7-18,28H,6H2,1-5H3/b25-18-/t28-/m0/s1. The third-order valence-electron chi connectivity index (χ3n) is 6.81. The van der Waals surface area contributed by atoms with Crippen molar-refractivity contribution in [3.8, 4) is 23.0 Å². The predicted molar refractivity (Wildman–Crippen MR) is 160 cm³/mol. The molecule has 0 amide bonds. The molecule has 0 radical (unpaired) electrons. The molecular formula is C32H30N2O7S. The Labute approximate surface area is 246 Å². The van der Waals surface area contributed by atoms with Crippen LogP contribution in [0.1, 0.15) is 29.7 Å². The molecule has 0 N–H and O–H groups in total. The molecule has 0 saturated heterocycles. The first-order valence-corrected chi connectivity index (χ1v) is 14.0. The van der Waals surface area contributed by atoms with Gasteiger partial charge in [0.25, 0.3) is 5.56 Å². The number of nitrogens with zero attached hydrogens (tertiary/aromatic N) is 2. The number of hydrogen-bond acceptors (Lipinski definition) is 9. The third-order valence-corrected chi connectivity index (χ3v) is 7.79. The molecule has 1 aliphatic rings. The number of benzene rings is 3. The van der Waals surface area contributed by atoms with Crippen LogP contribution in [0.4, 0.5) is 0 Å². The lowest BCUT2D eigenvalue weighted by molar-refractivity contribution is -0.138. The van der Waals surface area contributed by atoms with Crippen molar-refractivity contribution in [2.24, 2.45) is 4.99 Å². The van der Waals surface area contributed by atoms with Gasteiger partial charge < -0.3 is 23.7 Å². The van der Waals surface area contributed by atoms with Crippen molar-refractivity contribution in [3.05, 3.63) is 109 Å². The van der Waals surface area contributed by atoms with Gasteiger partial charge in [0.15, 0.2) is 27.8 Å². The van der Waals surface area contributed by atoms with E-state index in [1.807, 2.05) is 42.5 Å². The van der Waals surface area contributed by atoms with Crippen molar-refractivity contribution in [2.45, 2.75) is 13.0 Å². The summed E-state index contributed by atoms with van der Waals surface area (Å²) in [5, 5.41) is 0.